The molecule has 36 heavy (non-hydrogen) atoms. The van der Waals surface area contributed by atoms with Crippen molar-refractivity contribution in [2.24, 2.45) is 5.92 Å². The van der Waals surface area contributed by atoms with Gasteiger partial charge >= 0.3 is 6.09 Å². The minimum Gasteiger partial charge on any atom is -0.446 e. The Balaban J connectivity index is 1.07. The molecule has 0 unspecified atom stereocenters. The molecule has 0 spiro atoms. The Morgan fingerprint density at radius 3 is 1.89 bits per heavy atom. The monoisotopic (exact) mass is 499 g/mol. The number of unbranched alkanes of at least 4 members (excludes halogenated alkanes) is 9. The molecule has 0 bridgehead atoms. The van der Waals surface area contributed by atoms with Crippen LogP contribution in [-0.4, -0.2) is 61.3 Å². The van der Waals surface area contributed by atoms with E-state index in [-0.39, 0.29) is 12.2 Å². The lowest BCUT2D eigenvalue weighted by Gasteiger charge is -2.31. The zero-order valence-corrected chi connectivity index (χ0v) is 23.1. The number of amides is 1. The predicted octanol–water partition coefficient (Wildman–Crippen LogP) is 7.21. The zero-order chi connectivity index (χ0) is 25.3. The number of nitrogens with zero attached hydrogens (tertiary/aromatic N) is 2. The Hall–Kier alpha value is -1.59. The van der Waals surface area contributed by atoms with Gasteiger partial charge in [0.25, 0.3) is 0 Å². The highest BCUT2D eigenvalue weighted by molar-refractivity contribution is 5.70. The molecule has 5 nitrogen and oxygen atoms in total. The molecular formula is C31H53N3O2. The van der Waals surface area contributed by atoms with Gasteiger partial charge in [0, 0.05) is 25.2 Å². The van der Waals surface area contributed by atoms with Crippen LogP contribution in [0.25, 0.3) is 0 Å². The molecule has 0 aromatic heterocycles. The van der Waals surface area contributed by atoms with Gasteiger partial charge in [-0.25, -0.2) is 4.79 Å². The number of hydrogen-bond donors (Lipinski definition) is 1. The van der Waals surface area contributed by atoms with Crippen LogP contribution in [0.4, 0.5) is 4.79 Å². The molecule has 0 radical (unpaired) electrons. The van der Waals surface area contributed by atoms with Crippen molar-refractivity contribution in [3.63, 3.8) is 0 Å². The molecule has 2 fully saturated rings. The Morgan fingerprint density at radius 2 is 1.31 bits per heavy atom. The Labute approximate surface area is 221 Å². The predicted molar refractivity (Wildman–Crippen MR) is 151 cm³/mol. The quantitative estimate of drug-likeness (QED) is 0.242. The fraction of sp³-hybridized carbons (Fsp3) is 0.774. The number of piperidine rings is 2. The van der Waals surface area contributed by atoms with Gasteiger partial charge in [0.05, 0.1) is 0 Å². The number of likely N-dealkylation sites (tertiary alicyclic amines) is 2. The van der Waals surface area contributed by atoms with E-state index in [1.807, 2.05) is 30.4 Å². The third kappa shape index (κ3) is 12.6. The molecule has 0 aromatic rings. The maximum atomic E-state index is 12.2. The van der Waals surface area contributed by atoms with E-state index >= 15 is 0 Å². The lowest BCUT2D eigenvalue weighted by atomic mass is 9.99. The van der Waals surface area contributed by atoms with Crippen LogP contribution >= 0.6 is 0 Å². The Bertz CT molecular complexity index is 686. The molecule has 1 N–H and O–H groups in total. The van der Waals surface area contributed by atoms with Crippen LogP contribution in [0.1, 0.15) is 103 Å². The van der Waals surface area contributed by atoms with Gasteiger partial charge < -0.3 is 14.5 Å². The summed E-state index contributed by atoms with van der Waals surface area (Å²) in [6.45, 7) is 9.69. The molecule has 5 heteroatoms. The summed E-state index contributed by atoms with van der Waals surface area (Å²) in [5.41, 5.74) is 0.889. The van der Waals surface area contributed by atoms with Crippen molar-refractivity contribution in [1.29, 1.82) is 0 Å². The summed E-state index contributed by atoms with van der Waals surface area (Å²) < 4.78 is 5.66. The SMILES string of the molecule is CC1CCN(CCCCCCCCCCCCN2CCC(OC(=O)NC3=CC=CC=CC3)CC2)CC1. The van der Waals surface area contributed by atoms with E-state index < -0.39 is 0 Å². The number of nitrogens with one attached hydrogen (secondary N) is 1. The molecule has 1 aliphatic carbocycles. The fourth-order valence-electron chi connectivity index (χ4n) is 5.60. The van der Waals surface area contributed by atoms with E-state index in [1.54, 1.807) is 0 Å². The Morgan fingerprint density at radius 1 is 0.778 bits per heavy atom. The minimum atomic E-state index is -0.310. The van der Waals surface area contributed by atoms with Crippen molar-refractivity contribution >= 4 is 6.09 Å². The highest BCUT2D eigenvalue weighted by Gasteiger charge is 2.22. The van der Waals surface area contributed by atoms with Crippen LogP contribution < -0.4 is 5.32 Å². The molecular weight excluding hydrogens is 446 g/mol. The third-order valence-electron chi connectivity index (χ3n) is 8.14. The molecule has 0 saturated carbocycles. The molecule has 3 aliphatic rings. The second-order valence-electron chi connectivity index (χ2n) is 11.3. The highest BCUT2D eigenvalue weighted by atomic mass is 16.6. The summed E-state index contributed by atoms with van der Waals surface area (Å²) in [7, 11) is 0. The smallest absolute Gasteiger partial charge is 0.411 e. The molecule has 0 atom stereocenters. The van der Waals surface area contributed by atoms with Gasteiger partial charge in [-0.05, 0) is 76.7 Å². The van der Waals surface area contributed by atoms with Gasteiger partial charge in [0.1, 0.15) is 6.10 Å². The van der Waals surface area contributed by atoms with E-state index in [2.05, 4.69) is 22.0 Å². The molecule has 2 aliphatic heterocycles. The van der Waals surface area contributed by atoms with Gasteiger partial charge in [-0.15, -0.1) is 0 Å². The van der Waals surface area contributed by atoms with Crippen LogP contribution in [0.2, 0.25) is 0 Å². The summed E-state index contributed by atoms with van der Waals surface area (Å²) in [4.78, 5) is 17.4. The van der Waals surface area contributed by atoms with Crippen molar-refractivity contribution in [3.8, 4) is 0 Å². The van der Waals surface area contributed by atoms with E-state index in [0.717, 1.165) is 44.0 Å². The van der Waals surface area contributed by atoms with Gasteiger partial charge in [0.15, 0.2) is 0 Å². The first kappa shape index (κ1) is 29.0. The molecule has 204 valence electrons. The number of allylic oxidation sites excluding steroid dienone is 5. The molecule has 2 heterocycles. The highest BCUT2D eigenvalue weighted by Crippen LogP contribution is 2.18. The van der Waals surface area contributed by atoms with Crippen molar-refractivity contribution in [1.82, 2.24) is 15.1 Å². The second kappa shape index (κ2) is 17.8. The van der Waals surface area contributed by atoms with Crippen molar-refractivity contribution in [2.45, 2.75) is 109 Å². The van der Waals surface area contributed by atoms with E-state index in [1.165, 1.54) is 103 Å². The summed E-state index contributed by atoms with van der Waals surface area (Å²) in [5.74, 6) is 0.949. The van der Waals surface area contributed by atoms with E-state index in [4.69, 9.17) is 4.74 Å². The average Bonchev–Trinajstić information content (AvgIpc) is 3.15. The summed E-state index contributed by atoms with van der Waals surface area (Å²) >= 11 is 0. The molecule has 1 amide bonds. The Kier molecular flexibility index (Phi) is 14.3. The third-order valence-corrected chi connectivity index (χ3v) is 8.14. The number of alkyl carbamates (subject to hydrolysis) is 1. The van der Waals surface area contributed by atoms with Crippen molar-refractivity contribution in [3.05, 3.63) is 36.1 Å². The van der Waals surface area contributed by atoms with Crippen LogP contribution in [-0.2, 0) is 4.74 Å². The fourth-order valence-corrected chi connectivity index (χ4v) is 5.60. The number of rotatable bonds is 15. The second-order valence-corrected chi connectivity index (χ2v) is 11.3. The van der Waals surface area contributed by atoms with E-state index in [9.17, 15) is 4.79 Å². The topological polar surface area (TPSA) is 44.8 Å². The van der Waals surface area contributed by atoms with Crippen LogP contribution in [0, 0.1) is 5.92 Å². The van der Waals surface area contributed by atoms with Gasteiger partial charge in [0.2, 0.25) is 0 Å². The first-order valence-electron chi connectivity index (χ1n) is 15.1. The molecule has 3 rings (SSSR count). The number of ether oxygens (including phenoxy) is 1. The summed E-state index contributed by atoms with van der Waals surface area (Å²) in [6.07, 6.45) is 29.0. The van der Waals surface area contributed by atoms with Crippen LogP contribution in [0.15, 0.2) is 36.1 Å². The standard InChI is InChI=1S/C31H53N3O2/c1-28-18-24-33(25-19-28)22-14-10-6-4-2-3-5-7-11-15-23-34-26-20-30(21-27-34)36-31(35)32-29-16-12-8-9-13-17-29/h8-9,12-13,16,28,30H,2-7,10-11,14-15,17-27H2,1H3,(H,32,35). The van der Waals surface area contributed by atoms with Gasteiger partial charge in [-0.1, -0.05) is 82.6 Å². The van der Waals surface area contributed by atoms with Gasteiger partial charge in [-0.3, -0.25) is 5.32 Å². The van der Waals surface area contributed by atoms with Crippen LogP contribution in [0.3, 0.4) is 0 Å². The normalized spacial score (nSPS) is 20.3. The minimum absolute atomic E-state index is 0.0484. The maximum Gasteiger partial charge on any atom is 0.411 e. The molecule has 0 aromatic carbocycles. The first-order chi connectivity index (χ1) is 17.7. The van der Waals surface area contributed by atoms with Crippen molar-refractivity contribution in [2.75, 3.05) is 39.3 Å². The summed E-state index contributed by atoms with van der Waals surface area (Å²) in [5, 5.41) is 2.89. The van der Waals surface area contributed by atoms with Crippen LogP contribution in [0.5, 0.6) is 0 Å². The lowest BCUT2D eigenvalue weighted by molar-refractivity contribution is 0.0517. The lowest BCUT2D eigenvalue weighted by Crippen LogP contribution is -2.39. The average molecular weight is 500 g/mol. The summed E-state index contributed by atoms with van der Waals surface area (Å²) in [6, 6.07) is 0. The van der Waals surface area contributed by atoms with Gasteiger partial charge in [-0.2, -0.15) is 0 Å². The maximum absolute atomic E-state index is 12.2. The molecule has 2 saturated heterocycles. The first-order valence-corrected chi connectivity index (χ1v) is 15.1. The van der Waals surface area contributed by atoms with Crippen molar-refractivity contribution < 1.29 is 9.53 Å². The largest absolute Gasteiger partial charge is 0.446 e. The number of carbonyl (C=O) groups excluding carboxylic acids is 1. The van der Waals surface area contributed by atoms with E-state index in [0.29, 0.717) is 0 Å². The number of carbonyl (C=O) groups is 1. The zero-order valence-electron chi connectivity index (χ0n) is 23.1. The number of hydrogen-bond acceptors (Lipinski definition) is 4.